The van der Waals surface area contributed by atoms with Crippen LogP contribution >= 0.6 is 23.4 Å². The number of halogens is 1. The molecule has 1 aromatic carbocycles. The number of anilines is 1. The molecule has 1 heterocycles. The van der Waals surface area contributed by atoms with Crippen LogP contribution in [0.25, 0.3) is 0 Å². The summed E-state index contributed by atoms with van der Waals surface area (Å²) in [6, 6.07) is 7.75. The lowest BCUT2D eigenvalue weighted by Crippen LogP contribution is -2.14. The lowest BCUT2D eigenvalue weighted by atomic mass is 10.2. The number of hydrogen-bond donors (Lipinski definition) is 2. The van der Waals surface area contributed by atoms with Crippen LogP contribution in [0.4, 0.5) is 5.82 Å². The van der Waals surface area contributed by atoms with Crippen LogP contribution in [0.1, 0.15) is 24.0 Å². The molecule has 2 aromatic rings. The molecule has 0 aliphatic heterocycles. The number of aromatic nitrogens is 2. The summed E-state index contributed by atoms with van der Waals surface area (Å²) in [5.41, 5.74) is 4.67. The molecule has 0 amide bonds. The summed E-state index contributed by atoms with van der Waals surface area (Å²) in [7, 11) is 0. The lowest BCUT2D eigenvalue weighted by molar-refractivity contribution is 0.916. The Bertz CT molecular complexity index is 578. The first-order chi connectivity index (χ1) is 9.63. The third-order valence-electron chi connectivity index (χ3n) is 2.93. The quantitative estimate of drug-likeness (QED) is 0.502. The van der Waals surface area contributed by atoms with E-state index in [9.17, 15) is 0 Å². The molecule has 0 unspecified atom stereocenters. The Kier molecular flexibility index (Phi) is 5.23. The van der Waals surface area contributed by atoms with Crippen LogP contribution in [0.3, 0.4) is 0 Å². The Morgan fingerprint density at radius 2 is 2.15 bits per heavy atom. The summed E-state index contributed by atoms with van der Waals surface area (Å²) in [5, 5.41) is 0.735. The topological polar surface area (TPSA) is 63.8 Å². The lowest BCUT2D eigenvalue weighted by Gasteiger charge is -2.10. The highest BCUT2D eigenvalue weighted by Gasteiger charge is 2.09. The van der Waals surface area contributed by atoms with Crippen molar-refractivity contribution < 1.29 is 0 Å². The fraction of sp³-hybridized carbons (Fsp3) is 0.286. The molecule has 0 atom stereocenters. The molecule has 4 nitrogen and oxygen atoms in total. The second-order valence-electron chi connectivity index (χ2n) is 4.30. The van der Waals surface area contributed by atoms with Crippen LogP contribution in [0.15, 0.2) is 29.2 Å². The zero-order chi connectivity index (χ0) is 14.5. The fourth-order valence-electron chi connectivity index (χ4n) is 1.87. The zero-order valence-electron chi connectivity index (χ0n) is 11.5. The third kappa shape index (κ3) is 3.62. The molecule has 1 aromatic heterocycles. The van der Waals surface area contributed by atoms with Crippen molar-refractivity contribution in [3.63, 3.8) is 0 Å². The number of hydrogen-bond acceptors (Lipinski definition) is 5. The minimum atomic E-state index is 0.683. The molecule has 0 spiro atoms. The number of rotatable bonds is 5. The van der Waals surface area contributed by atoms with Crippen molar-refractivity contribution in [3.8, 4) is 0 Å². The summed E-state index contributed by atoms with van der Waals surface area (Å²) in [6.07, 6.45) is 0.859. The van der Waals surface area contributed by atoms with E-state index in [1.54, 1.807) is 11.8 Å². The van der Waals surface area contributed by atoms with Gasteiger partial charge in [0.15, 0.2) is 0 Å². The molecule has 0 bridgehead atoms. The predicted octanol–water partition coefficient (Wildman–Crippen LogP) is 3.58. The highest BCUT2D eigenvalue weighted by atomic mass is 35.5. The SMILES string of the molecule is CCc1nc(CSc2cccc(Cl)c2)nc(NN)c1C. The number of hydrazine groups is 1. The van der Waals surface area contributed by atoms with Gasteiger partial charge in [-0.25, -0.2) is 15.8 Å². The normalized spacial score (nSPS) is 10.6. The summed E-state index contributed by atoms with van der Waals surface area (Å²) in [6.45, 7) is 4.05. The number of benzene rings is 1. The van der Waals surface area contributed by atoms with E-state index >= 15 is 0 Å². The summed E-state index contributed by atoms with van der Waals surface area (Å²) in [5.74, 6) is 7.65. The van der Waals surface area contributed by atoms with Crippen molar-refractivity contribution in [2.75, 3.05) is 5.43 Å². The van der Waals surface area contributed by atoms with Gasteiger partial charge >= 0.3 is 0 Å². The van der Waals surface area contributed by atoms with Gasteiger partial charge in [0.25, 0.3) is 0 Å². The summed E-state index contributed by atoms with van der Waals surface area (Å²) >= 11 is 7.63. The Labute approximate surface area is 128 Å². The van der Waals surface area contributed by atoms with Gasteiger partial charge in [-0.2, -0.15) is 0 Å². The van der Waals surface area contributed by atoms with Crippen LogP contribution in [-0.2, 0) is 12.2 Å². The Hall–Kier alpha value is -1.30. The number of nitrogen functional groups attached to an aromatic ring is 1. The molecule has 6 heteroatoms. The van der Waals surface area contributed by atoms with Crippen molar-refractivity contribution >= 4 is 29.2 Å². The van der Waals surface area contributed by atoms with E-state index in [0.717, 1.165) is 33.4 Å². The summed E-state index contributed by atoms with van der Waals surface area (Å²) < 4.78 is 0. The van der Waals surface area contributed by atoms with Crippen LogP contribution in [0.5, 0.6) is 0 Å². The van der Waals surface area contributed by atoms with E-state index in [-0.39, 0.29) is 0 Å². The largest absolute Gasteiger partial charge is 0.308 e. The van der Waals surface area contributed by atoms with Gasteiger partial charge in [0.2, 0.25) is 0 Å². The van der Waals surface area contributed by atoms with Crippen molar-refractivity contribution in [2.24, 2.45) is 5.84 Å². The van der Waals surface area contributed by atoms with Crippen molar-refractivity contribution in [1.82, 2.24) is 9.97 Å². The van der Waals surface area contributed by atoms with Crippen molar-refractivity contribution in [2.45, 2.75) is 30.9 Å². The van der Waals surface area contributed by atoms with Crippen LogP contribution < -0.4 is 11.3 Å². The monoisotopic (exact) mass is 308 g/mol. The first-order valence-electron chi connectivity index (χ1n) is 6.35. The molecular weight excluding hydrogens is 292 g/mol. The highest BCUT2D eigenvalue weighted by Crippen LogP contribution is 2.25. The molecule has 3 N–H and O–H groups in total. The Balaban J connectivity index is 2.17. The van der Waals surface area contributed by atoms with Gasteiger partial charge in [-0.05, 0) is 31.5 Å². The molecule has 0 radical (unpaired) electrons. The fourth-order valence-corrected chi connectivity index (χ4v) is 2.93. The molecule has 0 saturated heterocycles. The predicted molar refractivity (Wildman–Crippen MR) is 85.0 cm³/mol. The maximum absolute atomic E-state index is 5.97. The van der Waals surface area contributed by atoms with E-state index in [0.29, 0.717) is 11.6 Å². The van der Waals surface area contributed by atoms with E-state index in [1.165, 1.54) is 0 Å². The van der Waals surface area contributed by atoms with Crippen LogP contribution in [-0.4, -0.2) is 9.97 Å². The minimum Gasteiger partial charge on any atom is -0.308 e. The van der Waals surface area contributed by atoms with Crippen molar-refractivity contribution in [1.29, 1.82) is 0 Å². The van der Waals surface area contributed by atoms with Crippen LogP contribution in [0.2, 0.25) is 5.02 Å². The number of aryl methyl sites for hydroxylation is 1. The number of nitrogens with one attached hydrogen (secondary N) is 1. The zero-order valence-corrected chi connectivity index (χ0v) is 13.1. The second kappa shape index (κ2) is 6.92. The van der Waals surface area contributed by atoms with E-state index in [2.05, 4.69) is 22.3 Å². The maximum atomic E-state index is 5.97. The van der Waals surface area contributed by atoms with E-state index < -0.39 is 0 Å². The molecule has 0 saturated carbocycles. The molecular formula is C14H17ClN4S. The second-order valence-corrected chi connectivity index (χ2v) is 5.79. The standard InChI is InChI=1S/C14H17ClN4S/c1-3-12-9(2)14(19-16)18-13(17-12)8-20-11-6-4-5-10(15)7-11/h4-7H,3,8,16H2,1-2H3,(H,17,18,19). The van der Waals surface area contributed by atoms with Crippen LogP contribution in [0, 0.1) is 6.92 Å². The smallest absolute Gasteiger partial charge is 0.146 e. The maximum Gasteiger partial charge on any atom is 0.146 e. The first-order valence-corrected chi connectivity index (χ1v) is 7.71. The average molecular weight is 309 g/mol. The van der Waals surface area contributed by atoms with Gasteiger partial charge in [0.1, 0.15) is 11.6 Å². The van der Waals surface area contributed by atoms with Gasteiger partial charge in [-0.1, -0.05) is 24.6 Å². The molecule has 106 valence electrons. The molecule has 2 rings (SSSR count). The highest BCUT2D eigenvalue weighted by molar-refractivity contribution is 7.98. The number of nitrogens with two attached hydrogens (primary N) is 1. The van der Waals surface area contributed by atoms with E-state index in [1.807, 2.05) is 31.2 Å². The number of thioether (sulfide) groups is 1. The number of nitrogens with zero attached hydrogens (tertiary/aromatic N) is 2. The van der Waals surface area contributed by atoms with Gasteiger partial charge in [0.05, 0.1) is 5.75 Å². The Morgan fingerprint density at radius 1 is 1.35 bits per heavy atom. The molecule has 0 aliphatic rings. The Morgan fingerprint density at radius 3 is 2.80 bits per heavy atom. The molecule has 20 heavy (non-hydrogen) atoms. The third-order valence-corrected chi connectivity index (χ3v) is 4.15. The van der Waals surface area contributed by atoms with E-state index in [4.69, 9.17) is 17.4 Å². The van der Waals surface area contributed by atoms with Gasteiger partial charge in [-0.15, -0.1) is 11.8 Å². The van der Waals surface area contributed by atoms with Gasteiger partial charge in [0, 0.05) is 21.2 Å². The average Bonchev–Trinajstić information content (AvgIpc) is 2.46. The first kappa shape index (κ1) is 15.1. The van der Waals surface area contributed by atoms with Crippen molar-refractivity contribution in [3.05, 3.63) is 46.4 Å². The van der Waals surface area contributed by atoms with Gasteiger partial charge < -0.3 is 5.43 Å². The summed E-state index contributed by atoms with van der Waals surface area (Å²) in [4.78, 5) is 10.1. The molecule has 0 aliphatic carbocycles. The molecule has 0 fully saturated rings. The minimum absolute atomic E-state index is 0.683. The van der Waals surface area contributed by atoms with Gasteiger partial charge in [-0.3, -0.25) is 0 Å².